The molecule has 0 aliphatic heterocycles. The predicted octanol–water partition coefficient (Wildman–Crippen LogP) is 1.99. The summed E-state index contributed by atoms with van der Waals surface area (Å²) in [6.07, 6.45) is 0.632. The van der Waals surface area contributed by atoms with Gasteiger partial charge in [-0.05, 0) is 6.07 Å². The Hall–Kier alpha value is -2.44. The molecular formula is C10H9FN2O4. The van der Waals surface area contributed by atoms with Crippen LogP contribution in [-0.2, 0) is 9.53 Å². The largest absolute Gasteiger partial charge is 0.501 e. The normalized spacial score (nSPS) is 10.8. The molecule has 1 aromatic carbocycles. The Morgan fingerprint density at radius 1 is 1.59 bits per heavy atom. The molecule has 0 bridgehead atoms. The van der Waals surface area contributed by atoms with Crippen LogP contribution in [0.5, 0.6) is 0 Å². The Kier molecular flexibility index (Phi) is 4.15. The summed E-state index contributed by atoms with van der Waals surface area (Å²) in [6.45, 7) is 0. The molecule has 0 radical (unpaired) electrons. The summed E-state index contributed by atoms with van der Waals surface area (Å²) in [4.78, 5) is 21.0. The molecule has 0 atom stereocenters. The number of carbonyl (C=O) groups is 1. The first-order valence-electron chi connectivity index (χ1n) is 4.49. The van der Waals surface area contributed by atoms with Gasteiger partial charge in [0.15, 0.2) is 0 Å². The summed E-state index contributed by atoms with van der Waals surface area (Å²) < 4.78 is 17.3. The Morgan fingerprint density at radius 3 is 2.88 bits per heavy atom. The van der Waals surface area contributed by atoms with Crippen molar-refractivity contribution in [3.8, 4) is 0 Å². The smallest absolute Gasteiger partial charge is 0.287 e. The van der Waals surface area contributed by atoms with E-state index in [1.807, 2.05) is 0 Å². The topological polar surface area (TPSA) is 81.5 Å². The third kappa shape index (κ3) is 3.56. The lowest BCUT2D eigenvalue weighted by atomic mass is 10.3. The summed E-state index contributed by atoms with van der Waals surface area (Å²) in [6, 6.07) is 5.17. The summed E-state index contributed by atoms with van der Waals surface area (Å²) in [5, 5.41) is 12.6. The molecule has 0 saturated heterocycles. The molecule has 6 nitrogen and oxygen atoms in total. The Bertz CT molecular complexity index is 473. The van der Waals surface area contributed by atoms with Gasteiger partial charge >= 0.3 is 0 Å². The third-order valence-corrected chi connectivity index (χ3v) is 1.75. The Labute approximate surface area is 95.8 Å². The van der Waals surface area contributed by atoms with E-state index in [4.69, 9.17) is 0 Å². The molecule has 90 valence electrons. The van der Waals surface area contributed by atoms with Crippen LogP contribution in [0, 0.1) is 10.1 Å². The number of anilines is 1. The van der Waals surface area contributed by atoms with Crippen molar-refractivity contribution in [3.63, 3.8) is 0 Å². The number of hydrogen-bond donors (Lipinski definition) is 1. The maximum atomic E-state index is 12.9. The zero-order valence-electron chi connectivity index (χ0n) is 8.84. The maximum absolute atomic E-state index is 12.9. The summed E-state index contributed by atoms with van der Waals surface area (Å²) in [5.41, 5.74) is -0.0669. The second-order valence-corrected chi connectivity index (χ2v) is 2.96. The number of nitro benzene ring substituents is 1. The minimum atomic E-state index is -1.13. The van der Waals surface area contributed by atoms with E-state index in [0.717, 1.165) is 6.07 Å². The maximum Gasteiger partial charge on any atom is 0.287 e. The van der Waals surface area contributed by atoms with Crippen LogP contribution >= 0.6 is 0 Å². The number of amides is 1. The van der Waals surface area contributed by atoms with Gasteiger partial charge in [0.1, 0.15) is 6.26 Å². The van der Waals surface area contributed by atoms with Gasteiger partial charge in [0.2, 0.25) is 5.83 Å². The minimum absolute atomic E-state index is 0.129. The minimum Gasteiger partial charge on any atom is -0.501 e. The average molecular weight is 240 g/mol. The summed E-state index contributed by atoms with van der Waals surface area (Å²) in [7, 11) is 1.19. The lowest BCUT2D eigenvalue weighted by Crippen LogP contribution is -2.12. The third-order valence-electron chi connectivity index (χ3n) is 1.75. The van der Waals surface area contributed by atoms with Gasteiger partial charge in [-0.15, -0.1) is 0 Å². The quantitative estimate of drug-likeness (QED) is 0.377. The van der Waals surface area contributed by atoms with Gasteiger partial charge in [-0.2, -0.15) is 4.39 Å². The summed E-state index contributed by atoms with van der Waals surface area (Å²) >= 11 is 0. The lowest BCUT2D eigenvalue weighted by molar-refractivity contribution is -0.384. The molecule has 0 spiro atoms. The van der Waals surface area contributed by atoms with Gasteiger partial charge in [0.05, 0.1) is 12.0 Å². The van der Waals surface area contributed by atoms with Gasteiger partial charge in [-0.25, -0.2) is 0 Å². The van der Waals surface area contributed by atoms with Crippen LogP contribution in [0.25, 0.3) is 0 Å². The number of non-ortho nitro benzene ring substituents is 1. The zero-order valence-corrected chi connectivity index (χ0v) is 8.84. The fraction of sp³-hybridized carbons (Fsp3) is 0.100. The van der Waals surface area contributed by atoms with Gasteiger partial charge in [0.25, 0.3) is 11.6 Å². The number of rotatable bonds is 4. The van der Waals surface area contributed by atoms with Crippen LogP contribution in [0.3, 0.4) is 0 Å². The molecule has 0 aliphatic carbocycles. The van der Waals surface area contributed by atoms with Crippen LogP contribution in [-0.4, -0.2) is 17.9 Å². The molecule has 17 heavy (non-hydrogen) atoms. The highest BCUT2D eigenvalue weighted by Gasteiger charge is 2.11. The molecule has 1 rings (SSSR count). The number of hydrogen-bond acceptors (Lipinski definition) is 4. The van der Waals surface area contributed by atoms with Gasteiger partial charge in [-0.3, -0.25) is 14.9 Å². The van der Waals surface area contributed by atoms with E-state index >= 15 is 0 Å². The fourth-order valence-electron chi connectivity index (χ4n) is 1.05. The van der Waals surface area contributed by atoms with E-state index in [-0.39, 0.29) is 11.4 Å². The molecule has 0 unspecified atom stereocenters. The molecule has 0 saturated carbocycles. The molecular weight excluding hydrogens is 231 g/mol. The number of carbonyl (C=O) groups excluding carboxylic acids is 1. The van der Waals surface area contributed by atoms with E-state index in [9.17, 15) is 19.3 Å². The van der Waals surface area contributed by atoms with Crippen LogP contribution in [0.2, 0.25) is 0 Å². The number of methoxy groups -OCH3 is 1. The lowest BCUT2D eigenvalue weighted by Gasteiger charge is -2.02. The number of nitrogens with one attached hydrogen (secondary N) is 1. The van der Waals surface area contributed by atoms with Crippen LogP contribution in [0.4, 0.5) is 15.8 Å². The van der Waals surface area contributed by atoms with E-state index in [2.05, 4.69) is 10.1 Å². The van der Waals surface area contributed by atoms with Crippen LogP contribution in [0.1, 0.15) is 0 Å². The fourth-order valence-corrected chi connectivity index (χ4v) is 1.05. The molecule has 1 aromatic rings. The van der Waals surface area contributed by atoms with E-state index in [1.165, 1.54) is 25.3 Å². The highest BCUT2D eigenvalue weighted by atomic mass is 19.1. The van der Waals surface area contributed by atoms with Crippen molar-refractivity contribution in [1.82, 2.24) is 0 Å². The first kappa shape index (κ1) is 12.6. The number of halogens is 1. The SMILES string of the molecule is CO/C=C(\F)C(=O)Nc1cccc([N+](=O)[O-])c1. The van der Waals surface area contributed by atoms with E-state index in [1.54, 1.807) is 0 Å². The Balaban J connectivity index is 2.82. The Morgan fingerprint density at radius 2 is 2.29 bits per heavy atom. The van der Waals surface area contributed by atoms with Crippen molar-refractivity contribution in [2.24, 2.45) is 0 Å². The highest BCUT2D eigenvalue weighted by molar-refractivity contribution is 6.02. The van der Waals surface area contributed by atoms with Gasteiger partial charge in [-0.1, -0.05) is 6.07 Å². The number of nitro groups is 1. The van der Waals surface area contributed by atoms with Crippen molar-refractivity contribution in [2.45, 2.75) is 0 Å². The van der Waals surface area contributed by atoms with Gasteiger partial charge in [0, 0.05) is 17.8 Å². The molecule has 7 heteroatoms. The second-order valence-electron chi connectivity index (χ2n) is 2.96. The molecule has 1 N–H and O–H groups in total. The van der Waals surface area contributed by atoms with Crippen molar-refractivity contribution in [2.75, 3.05) is 12.4 Å². The number of benzene rings is 1. The van der Waals surface area contributed by atoms with Crippen molar-refractivity contribution in [1.29, 1.82) is 0 Å². The molecule has 0 aliphatic rings. The van der Waals surface area contributed by atoms with Gasteiger partial charge < -0.3 is 10.1 Å². The molecule has 0 aromatic heterocycles. The van der Waals surface area contributed by atoms with Crippen LogP contribution in [0.15, 0.2) is 36.4 Å². The molecule has 0 fully saturated rings. The predicted molar refractivity (Wildman–Crippen MR) is 57.9 cm³/mol. The summed E-state index contributed by atoms with van der Waals surface area (Å²) in [5.74, 6) is -2.16. The average Bonchev–Trinajstić information content (AvgIpc) is 2.29. The molecule has 1 amide bonds. The molecule has 0 heterocycles. The number of ether oxygens (including phenoxy) is 1. The number of nitrogens with zero attached hydrogens (tertiary/aromatic N) is 1. The van der Waals surface area contributed by atoms with E-state index < -0.39 is 16.7 Å². The van der Waals surface area contributed by atoms with Crippen molar-refractivity contribution >= 4 is 17.3 Å². The zero-order chi connectivity index (χ0) is 12.8. The van der Waals surface area contributed by atoms with Crippen molar-refractivity contribution in [3.05, 3.63) is 46.5 Å². The highest BCUT2D eigenvalue weighted by Crippen LogP contribution is 2.17. The first-order valence-corrected chi connectivity index (χ1v) is 4.49. The standard InChI is InChI=1S/C10H9FN2O4/c1-17-6-9(11)10(14)12-7-3-2-4-8(5-7)13(15)16/h2-6H,1H3,(H,12,14)/b9-6-. The first-order chi connectivity index (χ1) is 8.04. The van der Waals surface area contributed by atoms with Crippen LogP contribution < -0.4 is 5.32 Å². The second kappa shape index (κ2) is 5.59. The van der Waals surface area contributed by atoms with Crippen molar-refractivity contribution < 1.29 is 18.8 Å². The van der Waals surface area contributed by atoms with E-state index in [0.29, 0.717) is 6.26 Å². The monoisotopic (exact) mass is 240 g/mol.